The molecule has 1 unspecified atom stereocenters. The highest BCUT2D eigenvalue weighted by Crippen LogP contribution is 2.19. The SMILES string of the molecule is CCC(Nc1ccc(Cl)c(F)c1)C(=O)OC. The topological polar surface area (TPSA) is 38.3 Å². The normalized spacial score (nSPS) is 12.0. The molecule has 5 heteroatoms. The molecule has 16 heavy (non-hydrogen) atoms. The lowest BCUT2D eigenvalue weighted by molar-refractivity contribution is -0.141. The third-order valence-electron chi connectivity index (χ3n) is 2.15. The van der Waals surface area contributed by atoms with Crippen molar-refractivity contribution in [2.75, 3.05) is 12.4 Å². The van der Waals surface area contributed by atoms with Gasteiger partial charge in [-0.3, -0.25) is 0 Å². The largest absolute Gasteiger partial charge is 0.467 e. The van der Waals surface area contributed by atoms with Crippen molar-refractivity contribution in [2.24, 2.45) is 0 Å². The maximum absolute atomic E-state index is 13.1. The van der Waals surface area contributed by atoms with E-state index in [1.54, 1.807) is 6.07 Å². The maximum atomic E-state index is 13.1. The molecule has 1 N–H and O–H groups in total. The Balaban J connectivity index is 2.78. The third-order valence-corrected chi connectivity index (χ3v) is 2.46. The van der Waals surface area contributed by atoms with Gasteiger partial charge < -0.3 is 10.1 Å². The van der Waals surface area contributed by atoms with Crippen LogP contribution < -0.4 is 5.32 Å². The smallest absolute Gasteiger partial charge is 0.328 e. The summed E-state index contributed by atoms with van der Waals surface area (Å²) in [6.45, 7) is 1.83. The first-order valence-corrected chi connectivity index (χ1v) is 5.25. The zero-order chi connectivity index (χ0) is 12.1. The molecule has 0 saturated heterocycles. The average Bonchev–Trinajstić information content (AvgIpc) is 2.29. The van der Waals surface area contributed by atoms with Gasteiger partial charge in [0.2, 0.25) is 0 Å². The fraction of sp³-hybridized carbons (Fsp3) is 0.364. The van der Waals surface area contributed by atoms with Crippen molar-refractivity contribution in [2.45, 2.75) is 19.4 Å². The first kappa shape index (κ1) is 12.8. The second-order valence-corrected chi connectivity index (χ2v) is 3.66. The molecule has 88 valence electrons. The Morgan fingerprint density at radius 1 is 1.62 bits per heavy atom. The van der Waals surface area contributed by atoms with Crippen molar-refractivity contribution in [1.29, 1.82) is 0 Å². The van der Waals surface area contributed by atoms with E-state index in [9.17, 15) is 9.18 Å². The molecule has 1 aromatic rings. The second kappa shape index (κ2) is 5.70. The molecule has 0 aliphatic carbocycles. The van der Waals surface area contributed by atoms with E-state index in [-0.39, 0.29) is 11.0 Å². The average molecular weight is 246 g/mol. The fourth-order valence-corrected chi connectivity index (χ4v) is 1.37. The molecule has 0 aromatic heterocycles. The molecule has 0 saturated carbocycles. The summed E-state index contributed by atoms with van der Waals surface area (Å²) in [6, 6.07) is 3.80. The zero-order valence-corrected chi connectivity index (χ0v) is 9.84. The lowest BCUT2D eigenvalue weighted by atomic mass is 10.2. The number of nitrogens with one attached hydrogen (secondary N) is 1. The van der Waals surface area contributed by atoms with E-state index >= 15 is 0 Å². The van der Waals surface area contributed by atoms with Crippen molar-refractivity contribution < 1.29 is 13.9 Å². The van der Waals surface area contributed by atoms with Gasteiger partial charge >= 0.3 is 5.97 Å². The standard InChI is InChI=1S/C11H13ClFNO2/c1-3-10(11(15)16-2)14-7-4-5-8(12)9(13)6-7/h4-6,10,14H,3H2,1-2H3. The minimum atomic E-state index is -0.522. The van der Waals surface area contributed by atoms with Crippen LogP contribution in [-0.2, 0) is 9.53 Å². The molecule has 0 fully saturated rings. The van der Waals surface area contributed by atoms with E-state index in [4.69, 9.17) is 11.6 Å². The Morgan fingerprint density at radius 3 is 2.81 bits per heavy atom. The first-order chi connectivity index (χ1) is 7.58. The number of hydrogen-bond donors (Lipinski definition) is 1. The van der Waals surface area contributed by atoms with Gasteiger partial charge in [-0.05, 0) is 24.6 Å². The van der Waals surface area contributed by atoms with Crippen LogP contribution in [0.4, 0.5) is 10.1 Å². The van der Waals surface area contributed by atoms with Gasteiger partial charge in [0.1, 0.15) is 11.9 Å². The van der Waals surface area contributed by atoms with Gasteiger partial charge in [-0.25, -0.2) is 9.18 Å². The molecule has 1 rings (SSSR count). The molecule has 0 bridgehead atoms. The van der Waals surface area contributed by atoms with Gasteiger partial charge in [-0.2, -0.15) is 0 Å². The molecule has 0 radical (unpaired) electrons. The van der Waals surface area contributed by atoms with E-state index < -0.39 is 11.9 Å². The Bertz CT molecular complexity index is 384. The van der Waals surface area contributed by atoms with Crippen molar-refractivity contribution in [1.82, 2.24) is 0 Å². The van der Waals surface area contributed by atoms with Crippen LogP contribution in [0, 0.1) is 5.82 Å². The molecule has 0 aliphatic heterocycles. The van der Waals surface area contributed by atoms with Gasteiger partial charge in [0.25, 0.3) is 0 Å². The number of carbonyl (C=O) groups excluding carboxylic acids is 1. The molecule has 0 spiro atoms. The highest BCUT2D eigenvalue weighted by molar-refractivity contribution is 6.30. The van der Waals surface area contributed by atoms with Crippen LogP contribution in [0.5, 0.6) is 0 Å². The van der Waals surface area contributed by atoms with Crippen LogP contribution in [0.2, 0.25) is 5.02 Å². The summed E-state index contributed by atoms with van der Waals surface area (Å²) in [5, 5.41) is 2.93. The summed E-state index contributed by atoms with van der Waals surface area (Å²) < 4.78 is 17.7. The first-order valence-electron chi connectivity index (χ1n) is 4.88. The molecule has 0 heterocycles. The fourth-order valence-electron chi connectivity index (χ4n) is 1.26. The number of hydrogen-bond acceptors (Lipinski definition) is 3. The van der Waals surface area contributed by atoms with Gasteiger partial charge in [0.15, 0.2) is 0 Å². The number of esters is 1. The Hall–Kier alpha value is -1.29. The van der Waals surface area contributed by atoms with Gasteiger partial charge in [0, 0.05) is 5.69 Å². The predicted molar refractivity (Wildman–Crippen MR) is 61.1 cm³/mol. The van der Waals surface area contributed by atoms with Gasteiger partial charge in [-0.1, -0.05) is 18.5 Å². The summed E-state index contributed by atoms with van der Waals surface area (Å²) in [5.41, 5.74) is 0.499. The zero-order valence-electron chi connectivity index (χ0n) is 9.09. The quantitative estimate of drug-likeness (QED) is 0.829. The Morgan fingerprint density at radius 2 is 2.31 bits per heavy atom. The summed E-state index contributed by atoms with van der Waals surface area (Å²) in [6.07, 6.45) is 0.552. The van der Waals surface area contributed by atoms with E-state index in [1.807, 2.05) is 6.92 Å². The highest BCUT2D eigenvalue weighted by Gasteiger charge is 2.16. The molecular formula is C11H13ClFNO2. The minimum absolute atomic E-state index is 0.0525. The lowest BCUT2D eigenvalue weighted by Gasteiger charge is -2.15. The molecule has 0 amide bonds. The third kappa shape index (κ3) is 3.10. The van der Waals surface area contributed by atoms with Crippen LogP contribution in [-0.4, -0.2) is 19.1 Å². The van der Waals surface area contributed by atoms with E-state index in [2.05, 4.69) is 10.1 Å². The number of ether oxygens (including phenoxy) is 1. The monoisotopic (exact) mass is 245 g/mol. The molecular weight excluding hydrogens is 233 g/mol. The number of halogens is 2. The van der Waals surface area contributed by atoms with Crippen LogP contribution in [0.1, 0.15) is 13.3 Å². The number of benzene rings is 1. The van der Waals surface area contributed by atoms with E-state index in [1.165, 1.54) is 19.2 Å². The van der Waals surface area contributed by atoms with Crippen molar-refractivity contribution in [3.63, 3.8) is 0 Å². The van der Waals surface area contributed by atoms with Crippen molar-refractivity contribution >= 4 is 23.3 Å². The number of anilines is 1. The summed E-state index contributed by atoms with van der Waals surface area (Å²) in [5.74, 6) is -0.899. The minimum Gasteiger partial charge on any atom is -0.467 e. The molecule has 0 aliphatic rings. The van der Waals surface area contributed by atoms with E-state index in [0.29, 0.717) is 12.1 Å². The lowest BCUT2D eigenvalue weighted by Crippen LogP contribution is -2.29. The predicted octanol–water partition coefficient (Wildman–Crippen LogP) is 2.84. The van der Waals surface area contributed by atoms with Crippen LogP contribution in [0.3, 0.4) is 0 Å². The number of rotatable bonds is 4. The van der Waals surface area contributed by atoms with Crippen molar-refractivity contribution in [3.05, 3.63) is 29.0 Å². The molecule has 1 atom stereocenters. The number of methoxy groups -OCH3 is 1. The Labute approximate surface area is 98.5 Å². The molecule has 3 nitrogen and oxygen atoms in total. The van der Waals surface area contributed by atoms with Crippen LogP contribution >= 0.6 is 11.6 Å². The molecule has 1 aromatic carbocycles. The van der Waals surface area contributed by atoms with Gasteiger partial charge in [-0.15, -0.1) is 0 Å². The Kier molecular flexibility index (Phi) is 4.55. The second-order valence-electron chi connectivity index (χ2n) is 3.26. The summed E-state index contributed by atoms with van der Waals surface area (Å²) in [7, 11) is 1.31. The summed E-state index contributed by atoms with van der Waals surface area (Å²) in [4.78, 5) is 11.3. The number of carbonyl (C=O) groups is 1. The van der Waals surface area contributed by atoms with Crippen molar-refractivity contribution in [3.8, 4) is 0 Å². The van der Waals surface area contributed by atoms with Crippen LogP contribution in [0.25, 0.3) is 0 Å². The van der Waals surface area contributed by atoms with E-state index in [0.717, 1.165) is 0 Å². The van der Waals surface area contributed by atoms with Crippen LogP contribution in [0.15, 0.2) is 18.2 Å². The maximum Gasteiger partial charge on any atom is 0.328 e. The van der Waals surface area contributed by atoms with Gasteiger partial charge in [0.05, 0.1) is 12.1 Å². The summed E-state index contributed by atoms with van der Waals surface area (Å²) >= 11 is 5.55. The highest BCUT2D eigenvalue weighted by atomic mass is 35.5.